The van der Waals surface area contributed by atoms with E-state index >= 15 is 0 Å². The average Bonchev–Trinajstić information content (AvgIpc) is 2.91. The number of nitrogens with one attached hydrogen (secondary N) is 1. The standard InChI is InChI=1S/C15H17N3O3/c19-15(6-1-2-7-15)10-17-13-3-4-14(18(20)21)11-5-8-16-9-12(11)13/h3-5,8-9,17,19H,1-2,6-7,10H2. The van der Waals surface area contributed by atoms with Crippen LogP contribution in [0.3, 0.4) is 0 Å². The second-order valence-corrected chi connectivity index (χ2v) is 5.60. The Balaban J connectivity index is 1.92. The van der Waals surface area contributed by atoms with Gasteiger partial charge < -0.3 is 10.4 Å². The van der Waals surface area contributed by atoms with E-state index in [1.165, 1.54) is 6.07 Å². The van der Waals surface area contributed by atoms with Gasteiger partial charge in [-0.05, 0) is 25.0 Å². The number of pyridine rings is 1. The Morgan fingerprint density at radius 1 is 1.29 bits per heavy atom. The summed E-state index contributed by atoms with van der Waals surface area (Å²) >= 11 is 0. The van der Waals surface area contributed by atoms with Crippen LogP contribution in [0.5, 0.6) is 0 Å². The molecule has 1 aromatic carbocycles. The zero-order valence-corrected chi connectivity index (χ0v) is 11.6. The molecule has 0 radical (unpaired) electrons. The minimum atomic E-state index is -0.670. The number of aliphatic hydroxyl groups is 1. The van der Waals surface area contributed by atoms with Crippen LogP contribution in [-0.2, 0) is 0 Å². The van der Waals surface area contributed by atoms with Crippen molar-refractivity contribution in [1.29, 1.82) is 0 Å². The van der Waals surface area contributed by atoms with Crippen molar-refractivity contribution in [2.75, 3.05) is 11.9 Å². The van der Waals surface area contributed by atoms with E-state index in [-0.39, 0.29) is 5.69 Å². The van der Waals surface area contributed by atoms with Crippen LogP contribution in [0.15, 0.2) is 30.6 Å². The summed E-state index contributed by atoms with van der Waals surface area (Å²) in [6.45, 7) is 0.453. The third-order valence-corrected chi connectivity index (χ3v) is 4.13. The number of fused-ring (bicyclic) bond motifs is 1. The van der Waals surface area contributed by atoms with Gasteiger partial charge in [-0.15, -0.1) is 0 Å². The van der Waals surface area contributed by atoms with Gasteiger partial charge >= 0.3 is 0 Å². The highest BCUT2D eigenvalue weighted by Gasteiger charge is 2.30. The van der Waals surface area contributed by atoms with Crippen LogP contribution in [0, 0.1) is 10.1 Å². The molecule has 6 nitrogen and oxygen atoms in total. The number of anilines is 1. The van der Waals surface area contributed by atoms with Crippen LogP contribution in [-0.4, -0.2) is 27.2 Å². The zero-order valence-electron chi connectivity index (χ0n) is 11.6. The van der Waals surface area contributed by atoms with Crippen molar-refractivity contribution in [2.24, 2.45) is 0 Å². The lowest BCUT2D eigenvalue weighted by molar-refractivity contribution is -0.383. The van der Waals surface area contributed by atoms with Gasteiger partial charge in [0.25, 0.3) is 5.69 Å². The number of hydrogen-bond donors (Lipinski definition) is 2. The first-order valence-corrected chi connectivity index (χ1v) is 7.06. The average molecular weight is 287 g/mol. The summed E-state index contributed by atoms with van der Waals surface area (Å²) in [5.74, 6) is 0. The third-order valence-electron chi connectivity index (χ3n) is 4.13. The van der Waals surface area contributed by atoms with E-state index in [9.17, 15) is 15.2 Å². The minimum Gasteiger partial charge on any atom is -0.388 e. The lowest BCUT2D eigenvalue weighted by Crippen LogP contribution is -2.33. The van der Waals surface area contributed by atoms with Crippen molar-refractivity contribution in [3.8, 4) is 0 Å². The molecular formula is C15H17N3O3. The molecule has 0 bridgehead atoms. The van der Waals surface area contributed by atoms with E-state index in [2.05, 4.69) is 10.3 Å². The van der Waals surface area contributed by atoms with Gasteiger partial charge in [-0.1, -0.05) is 12.8 Å². The van der Waals surface area contributed by atoms with Gasteiger partial charge in [-0.25, -0.2) is 0 Å². The van der Waals surface area contributed by atoms with Gasteiger partial charge in [0.15, 0.2) is 0 Å². The fourth-order valence-corrected chi connectivity index (χ4v) is 2.96. The summed E-state index contributed by atoms with van der Waals surface area (Å²) in [5, 5.41) is 25.9. The topological polar surface area (TPSA) is 88.3 Å². The molecule has 2 N–H and O–H groups in total. The summed E-state index contributed by atoms with van der Waals surface area (Å²) < 4.78 is 0. The summed E-state index contributed by atoms with van der Waals surface area (Å²) in [6, 6.07) is 4.81. The smallest absolute Gasteiger partial charge is 0.277 e. The van der Waals surface area contributed by atoms with Gasteiger partial charge in [0.2, 0.25) is 0 Å². The first-order valence-electron chi connectivity index (χ1n) is 7.06. The van der Waals surface area contributed by atoms with Crippen LogP contribution < -0.4 is 5.32 Å². The van der Waals surface area contributed by atoms with Crippen LogP contribution in [0.25, 0.3) is 10.8 Å². The summed E-state index contributed by atoms with van der Waals surface area (Å²) in [6.07, 6.45) is 6.83. The molecular weight excluding hydrogens is 270 g/mol. The molecule has 3 rings (SSSR count). The Morgan fingerprint density at radius 3 is 2.76 bits per heavy atom. The molecule has 2 aromatic rings. The molecule has 21 heavy (non-hydrogen) atoms. The molecule has 1 aromatic heterocycles. The van der Waals surface area contributed by atoms with E-state index in [0.717, 1.165) is 31.4 Å². The Bertz CT molecular complexity index is 681. The Morgan fingerprint density at radius 2 is 2.05 bits per heavy atom. The van der Waals surface area contributed by atoms with Crippen LogP contribution in [0.1, 0.15) is 25.7 Å². The van der Waals surface area contributed by atoms with Gasteiger partial charge in [-0.2, -0.15) is 0 Å². The van der Waals surface area contributed by atoms with Crippen LogP contribution in [0.4, 0.5) is 11.4 Å². The Kier molecular flexibility index (Phi) is 3.47. The van der Waals surface area contributed by atoms with E-state index in [0.29, 0.717) is 17.3 Å². The quantitative estimate of drug-likeness (QED) is 0.666. The van der Waals surface area contributed by atoms with Crippen molar-refractivity contribution in [2.45, 2.75) is 31.3 Å². The highest BCUT2D eigenvalue weighted by Crippen LogP contribution is 2.33. The maximum atomic E-state index is 11.1. The lowest BCUT2D eigenvalue weighted by Gasteiger charge is -2.23. The largest absolute Gasteiger partial charge is 0.388 e. The first-order chi connectivity index (χ1) is 10.1. The molecule has 0 atom stereocenters. The number of nitrogens with zero attached hydrogens (tertiary/aromatic N) is 2. The number of nitro groups is 1. The van der Waals surface area contributed by atoms with Crippen molar-refractivity contribution in [3.05, 3.63) is 40.7 Å². The lowest BCUT2D eigenvalue weighted by atomic mass is 10.0. The van der Waals surface area contributed by atoms with Crippen molar-refractivity contribution >= 4 is 22.1 Å². The maximum Gasteiger partial charge on any atom is 0.277 e. The molecule has 1 saturated carbocycles. The number of non-ortho nitro benzene ring substituents is 1. The Labute approximate surface area is 122 Å². The van der Waals surface area contributed by atoms with Crippen molar-refractivity contribution in [1.82, 2.24) is 4.98 Å². The fraction of sp³-hybridized carbons (Fsp3) is 0.400. The van der Waals surface area contributed by atoms with Crippen molar-refractivity contribution in [3.63, 3.8) is 0 Å². The fourth-order valence-electron chi connectivity index (χ4n) is 2.96. The number of rotatable bonds is 4. The summed E-state index contributed by atoms with van der Waals surface area (Å²) in [7, 11) is 0. The minimum absolute atomic E-state index is 0.0672. The van der Waals surface area contributed by atoms with Gasteiger partial charge in [0, 0.05) is 36.1 Å². The highest BCUT2D eigenvalue weighted by molar-refractivity contribution is 5.99. The van der Waals surface area contributed by atoms with E-state index < -0.39 is 10.5 Å². The number of benzene rings is 1. The molecule has 0 spiro atoms. The SMILES string of the molecule is O=[N+]([O-])c1ccc(NCC2(O)CCCC2)c2cnccc12. The molecule has 110 valence electrons. The van der Waals surface area contributed by atoms with E-state index in [4.69, 9.17) is 0 Å². The molecule has 1 aliphatic rings. The third kappa shape index (κ3) is 2.67. The first kappa shape index (κ1) is 13.8. The molecule has 0 saturated heterocycles. The van der Waals surface area contributed by atoms with Crippen molar-refractivity contribution < 1.29 is 10.0 Å². The summed E-state index contributed by atoms with van der Waals surface area (Å²) in [5.41, 5.74) is 0.164. The van der Waals surface area contributed by atoms with Crippen LogP contribution >= 0.6 is 0 Å². The maximum absolute atomic E-state index is 11.1. The zero-order chi connectivity index (χ0) is 14.9. The second kappa shape index (κ2) is 5.29. The predicted molar refractivity (Wildman–Crippen MR) is 80.3 cm³/mol. The molecule has 0 unspecified atom stereocenters. The Hall–Kier alpha value is -2.21. The van der Waals surface area contributed by atoms with E-state index in [1.54, 1.807) is 24.5 Å². The number of aromatic nitrogens is 1. The second-order valence-electron chi connectivity index (χ2n) is 5.60. The molecule has 6 heteroatoms. The van der Waals surface area contributed by atoms with Gasteiger partial charge in [-0.3, -0.25) is 15.1 Å². The molecule has 0 aliphatic heterocycles. The molecule has 1 heterocycles. The summed E-state index contributed by atoms with van der Waals surface area (Å²) in [4.78, 5) is 14.7. The number of hydrogen-bond acceptors (Lipinski definition) is 5. The van der Waals surface area contributed by atoms with Gasteiger partial charge in [0.1, 0.15) is 0 Å². The molecule has 1 fully saturated rings. The number of nitro benzene ring substituents is 1. The highest BCUT2D eigenvalue weighted by atomic mass is 16.6. The normalized spacial score (nSPS) is 17.0. The van der Waals surface area contributed by atoms with Gasteiger partial charge in [0.05, 0.1) is 15.9 Å². The predicted octanol–water partition coefficient (Wildman–Crippen LogP) is 2.86. The van der Waals surface area contributed by atoms with E-state index in [1.807, 2.05) is 0 Å². The monoisotopic (exact) mass is 287 g/mol. The molecule has 1 aliphatic carbocycles. The van der Waals surface area contributed by atoms with Crippen LogP contribution in [0.2, 0.25) is 0 Å². The molecule has 0 amide bonds.